The maximum atomic E-state index is 12.2. The summed E-state index contributed by atoms with van der Waals surface area (Å²) in [6, 6.07) is 13.7. The van der Waals surface area contributed by atoms with Gasteiger partial charge in [-0.25, -0.2) is 4.79 Å². The van der Waals surface area contributed by atoms with Gasteiger partial charge in [-0.1, -0.05) is 26.0 Å². The summed E-state index contributed by atoms with van der Waals surface area (Å²) < 4.78 is 5.30. The molecule has 0 heterocycles. The molecule has 160 valence electrons. The van der Waals surface area contributed by atoms with E-state index in [4.69, 9.17) is 4.74 Å². The Morgan fingerprint density at radius 3 is 2.00 bits per heavy atom. The van der Waals surface area contributed by atoms with Crippen LogP contribution < -0.4 is 10.6 Å². The molecule has 7 nitrogen and oxygen atoms in total. The van der Waals surface area contributed by atoms with E-state index in [0.717, 1.165) is 18.7 Å². The number of hydrogen-bond acceptors (Lipinski definition) is 5. The summed E-state index contributed by atoms with van der Waals surface area (Å²) in [6.45, 7) is 8.47. The minimum absolute atomic E-state index is 0.142. The van der Waals surface area contributed by atoms with E-state index >= 15 is 0 Å². The Balaban J connectivity index is 1.82. The molecule has 2 aromatic carbocycles. The summed E-state index contributed by atoms with van der Waals surface area (Å²) in [5.41, 5.74) is 2.57. The first kappa shape index (κ1) is 23.1. The van der Waals surface area contributed by atoms with Crippen molar-refractivity contribution < 1.29 is 19.1 Å². The summed E-state index contributed by atoms with van der Waals surface area (Å²) in [6.07, 6.45) is 0.204. The van der Waals surface area contributed by atoms with Gasteiger partial charge in [-0.3, -0.25) is 9.59 Å². The number of hydrogen-bond donors (Lipinski definition) is 2. The van der Waals surface area contributed by atoms with Crippen LogP contribution >= 0.6 is 0 Å². The Bertz CT molecular complexity index is 844. The fourth-order valence-electron chi connectivity index (χ4n) is 2.88. The van der Waals surface area contributed by atoms with E-state index in [0.29, 0.717) is 30.1 Å². The van der Waals surface area contributed by atoms with Gasteiger partial charge in [0.2, 0.25) is 11.8 Å². The first-order chi connectivity index (χ1) is 14.4. The number of benzene rings is 2. The van der Waals surface area contributed by atoms with Crippen LogP contribution in [0.5, 0.6) is 0 Å². The van der Waals surface area contributed by atoms with E-state index < -0.39 is 0 Å². The summed E-state index contributed by atoms with van der Waals surface area (Å²) in [5.74, 6) is -0.687. The second-order valence-corrected chi connectivity index (χ2v) is 6.84. The van der Waals surface area contributed by atoms with E-state index in [1.54, 1.807) is 48.5 Å². The Kier molecular flexibility index (Phi) is 9.03. The lowest BCUT2D eigenvalue weighted by molar-refractivity contribution is -0.116. The smallest absolute Gasteiger partial charge is 0.338 e. The van der Waals surface area contributed by atoms with Crippen LogP contribution in [0.25, 0.3) is 0 Å². The number of nitrogens with zero attached hydrogens (tertiary/aromatic N) is 1. The van der Waals surface area contributed by atoms with Gasteiger partial charge in [0.1, 0.15) is 6.61 Å². The number of rotatable bonds is 10. The van der Waals surface area contributed by atoms with Gasteiger partial charge in [0, 0.05) is 24.8 Å². The lowest BCUT2D eigenvalue weighted by atomic mass is 10.1. The van der Waals surface area contributed by atoms with Gasteiger partial charge in [0.15, 0.2) is 0 Å². The van der Waals surface area contributed by atoms with E-state index in [-0.39, 0.29) is 24.2 Å². The van der Waals surface area contributed by atoms with Crippen LogP contribution in [0.1, 0.15) is 36.7 Å². The fourth-order valence-corrected chi connectivity index (χ4v) is 2.88. The van der Waals surface area contributed by atoms with Crippen molar-refractivity contribution >= 4 is 29.2 Å². The minimum Gasteiger partial charge on any atom is -0.461 e. The summed E-state index contributed by atoms with van der Waals surface area (Å²) >= 11 is 0. The predicted molar refractivity (Wildman–Crippen MR) is 118 cm³/mol. The third-order valence-corrected chi connectivity index (χ3v) is 4.58. The van der Waals surface area contributed by atoms with Crippen LogP contribution in [0.2, 0.25) is 0 Å². The number of likely N-dealkylation sites (N-methyl/N-ethyl adjacent to an activating group) is 1. The van der Waals surface area contributed by atoms with Gasteiger partial charge in [0.25, 0.3) is 0 Å². The van der Waals surface area contributed by atoms with Gasteiger partial charge < -0.3 is 20.3 Å². The van der Waals surface area contributed by atoms with Crippen LogP contribution in [0.3, 0.4) is 0 Å². The van der Waals surface area contributed by atoms with Crippen molar-refractivity contribution in [2.75, 3.05) is 36.9 Å². The first-order valence-corrected chi connectivity index (χ1v) is 10.1. The quantitative estimate of drug-likeness (QED) is 0.586. The Labute approximate surface area is 177 Å². The van der Waals surface area contributed by atoms with E-state index in [1.165, 1.54) is 6.92 Å². The number of carbonyl (C=O) groups excluding carboxylic acids is 3. The van der Waals surface area contributed by atoms with Crippen molar-refractivity contribution in [3.05, 3.63) is 59.7 Å². The van der Waals surface area contributed by atoms with Crippen LogP contribution in [-0.4, -0.2) is 48.9 Å². The molecule has 7 heteroatoms. The van der Waals surface area contributed by atoms with Gasteiger partial charge in [-0.05, 0) is 55.1 Å². The zero-order valence-electron chi connectivity index (χ0n) is 17.7. The molecule has 0 aliphatic carbocycles. The second-order valence-electron chi connectivity index (χ2n) is 6.84. The Morgan fingerprint density at radius 1 is 0.867 bits per heavy atom. The highest BCUT2D eigenvalue weighted by Gasteiger charge is 2.09. The fraction of sp³-hybridized carbons (Fsp3) is 0.348. The molecular formula is C23H29N3O4. The molecule has 0 aliphatic heterocycles. The number of esters is 1. The van der Waals surface area contributed by atoms with E-state index in [9.17, 15) is 14.4 Å². The summed E-state index contributed by atoms with van der Waals surface area (Å²) in [4.78, 5) is 37.6. The molecule has 0 unspecified atom stereocenters. The molecule has 0 spiro atoms. The second kappa shape index (κ2) is 11.7. The van der Waals surface area contributed by atoms with Gasteiger partial charge in [0.05, 0.1) is 12.0 Å². The van der Waals surface area contributed by atoms with Crippen molar-refractivity contribution in [1.29, 1.82) is 0 Å². The summed E-state index contributed by atoms with van der Waals surface area (Å²) in [7, 11) is 0. The van der Waals surface area contributed by atoms with Crippen LogP contribution in [-0.2, 0) is 20.7 Å². The molecule has 0 aromatic heterocycles. The van der Waals surface area contributed by atoms with E-state index in [2.05, 4.69) is 29.4 Å². The molecule has 0 atom stereocenters. The number of carbonyl (C=O) groups is 3. The number of ether oxygens (including phenoxy) is 1. The monoisotopic (exact) mass is 411 g/mol. The standard InChI is InChI=1S/C23H29N3O4/c1-4-26(5-2)14-15-30-23(29)19-8-12-21(13-9-19)25-22(28)16-18-6-10-20(11-7-18)24-17(3)27/h6-13H,4-5,14-16H2,1-3H3,(H,24,27)(H,25,28). The highest BCUT2D eigenvalue weighted by Crippen LogP contribution is 2.13. The zero-order chi connectivity index (χ0) is 21.9. The Morgan fingerprint density at radius 2 is 1.43 bits per heavy atom. The molecule has 2 N–H and O–H groups in total. The van der Waals surface area contributed by atoms with Gasteiger partial charge >= 0.3 is 5.97 Å². The average Bonchev–Trinajstić information content (AvgIpc) is 2.72. The molecule has 2 amide bonds. The predicted octanol–water partition coefficient (Wildman–Crippen LogP) is 3.32. The van der Waals surface area contributed by atoms with Crippen molar-refractivity contribution in [3.8, 4) is 0 Å². The highest BCUT2D eigenvalue weighted by atomic mass is 16.5. The molecular weight excluding hydrogens is 382 g/mol. The highest BCUT2D eigenvalue weighted by molar-refractivity contribution is 5.94. The molecule has 0 aliphatic rings. The van der Waals surface area contributed by atoms with Crippen LogP contribution in [0.4, 0.5) is 11.4 Å². The van der Waals surface area contributed by atoms with Crippen LogP contribution in [0, 0.1) is 0 Å². The summed E-state index contributed by atoms with van der Waals surface area (Å²) in [5, 5.41) is 5.49. The maximum absolute atomic E-state index is 12.2. The van der Waals surface area contributed by atoms with Crippen molar-refractivity contribution in [2.45, 2.75) is 27.2 Å². The SMILES string of the molecule is CCN(CC)CCOC(=O)c1ccc(NC(=O)Cc2ccc(NC(C)=O)cc2)cc1. The topological polar surface area (TPSA) is 87.7 Å². The lowest BCUT2D eigenvalue weighted by Crippen LogP contribution is -2.27. The van der Waals surface area contributed by atoms with Crippen molar-refractivity contribution in [3.63, 3.8) is 0 Å². The van der Waals surface area contributed by atoms with Gasteiger partial charge in [-0.15, -0.1) is 0 Å². The lowest BCUT2D eigenvalue weighted by Gasteiger charge is -2.17. The van der Waals surface area contributed by atoms with E-state index in [1.807, 2.05) is 0 Å². The molecule has 30 heavy (non-hydrogen) atoms. The average molecular weight is 412 g/mol. The minimum atomic E-state index is -0.376. The van der Waals surface area contributed by atoms with Crippen LogP contribution in [0.15, 0.2) is 48.5 Å². The molecule has 2 rings (SSSR count). The largest absolute Gasteiger partial charge is 0.461 e. The Hall–Kier alpha value is -3.19. The third kappa shape index (κ3) is 7.67. The van der Waals surface area contributed by atoms with Gasteiger partial charge in [-0.2, -0.15) is 0 Å². The van der Waals surface area contributed by atoms with Crippen molar-refractivity contribution in [2.24, 2.45) is 0 Å². The molecule has 0 saturated carbocycles. The normalized spacial score (nSPS) is 10.5. The number of nitrogens with one attached hydrogen (secondary N) is 2. The maximum Gasteiger partial charge on any atom is 0.338 e. The molecule has 0 bridgehead atoms. The molecule has 0 radical (unpaired) electrons. The third-order valence-electron chi connectivity index (χ3n) is 4.58. The molecule has 0 saturated heterocycles. The number of amides is 2. The molecule has 2 aromatic rings. The molecule has 0 fully saturated rings. The van der Waals surface area contributed by atoms with Crippen molar-refractivity contribution in [1.82, 2.24) is 4.90 Å². The number of anilines is 2. The zero-order valence-corrected chi connectivity index (χ0v) is 17.7. The first-order valence-electron chi connectivity index (χ1n) is 10.1.